The normalized spacial score (nSPS) is 14.1. The van der Waals surface area contributed by atoms with Gasteiger partial charge in [0.25, 0.3) is 5.91 Å². The van der Waals surface area contributed by atoms with Crippen LogP contribution >= 0.6 is 11.6 Å². The number of aromatic nitrogens is 2. The van der Waals surface area contributed by atoms with Crippen LogP contribution in [0.15, 0.2) is 48.7 Å². The van der Waals surface area contributed by atoms with Crippen LogP contribution in [-0.4, -0.2) is 34.5 Å². The van der Waals surface area contributed by atoms with Gasteiger partial charge in [0.15, 0.2) is 11.5 Å². The van der Waals surface area contributed by atoms with Crippen LogP contribution in [0.4, 0.5) is 5.69 Å². The van der Waals surface area contributed by atoms with Crippen molar-refractivity contribution in [3.63, 3.8) is 0 Å². The second-order valence-corrected chi connectivity index (χ2v) is 8.45. The van der Waals surface area contributed by atoms with Crippen molar-refractivity contribution in [1.29, 1.82) is 0 Å². The Labute approximate surface area is 191 Å². The minimum absolute atomic E-state index is 0.276. The van der Waals surface area contributed by atoms with E-state index < -0.39 is 0 Å². The first-order valence-corrected chi connectivity index (χ1v) is 10.9. The molecule has 0 radical (unpaired) electrons. The lowest BCUT2D eigenvalue weighted by atomic mass is 10.1. The summed E-state index contributed by atoms with van der Waals surface area (Å²) in [5.41, 5.74) is 1.84. The Morgan fingerprint density at radius 2 is 2.00 bits per heavy atom. The quantitative estimate of drug-likeness (QED) is 0.488. The minimum atomic E-state index is -0.382. The molecule has 0 aliphatic heterocycles. The topological polar surface area (TPSA) is 85.6 Å². The summed E-state index contributed by atoms with van der Waals surface area (Å²) < 4.78 is 12.9. The molecule has 4 rings (SSSR count). The lowest BCUT2D eigenvalue weighted by Crippen LogP contribution is -2.14. The molecule has 0 spiro atoms. The van der Waals surface area contributed by atoms with Gasteiger partial charge in [-0.25, -0.2) is 4.68 Å². The molecule has 1 saturated carbocycles. The number of nitrogens with zero attached hydrogens (tertiary/aromatic N) is 2. The highest BCUT2D eigenvalue weighted by molar-refractivity contribution is 6.30. The third-order valence-electron chi connectivity index (χ3n) is 5.63. The van der Waals surface area contributed by atoms with Crippen LogP contribution in [0.2, 0.25) is 5.02 Å². The van der Waals surface area contributed by atoms with Gasteiger partial charge >= 0.3 is 0 Å². The van der Waals surface area contributed by atoms with Crippen LogP contribution in [0.25, 0.3) is 5.69 Å². The molecule has 7 nitrogen and oxygen atoms in total. The van der Waals surface area contributed by atoms with Gasteiger partial charge in [-0.15, -0.1) is 0 Å². The number of nitrogens with one attached hydrogen (secondary N) is 1. The Bertz CT molecular complexity index is 1090. The van der Waals surface area contributed by atoms with Crippen LogP contribution in [0.3, 0.4) is 0 Å². The van der Waals surface area contributed by atoms with E-state index in [0.29, 0.717) is 34.7 Å². The van der Waals surface area contributed by atoms with Crippen molar-refractivity contribution in [2.24, 2.45) is 11.8 Å². The Balaban J connectivity index is 1.48. The van der Waals surface area contributed by atoms with E-state index in [9.17, 15) is 9.90 Å². The summed E-state index contributed by atoms with van der Waals surface area (Å²) in [6.07, 6.45) is 4.13. The van der Waals surface area contributed by atoms with Crippen LogP contribution in [0, 0.1) is 11.8 Å². The number of anilines is 1. The highest BCUT2D eigenvalue weighted by Crippen LogP contribution is 2.38. The second kappa shape index (κ2) is 9.63. The lowest BCUT2D eigenvalue weighted by molar-refractivity contribution is 0.102. The van der Waals surface area contributed by atoms with Gasteiger partial charge in [0.2, 0.25) is 0 Å². The first-order chi connectivity index (χ1) is 15.5. The van der Waals surface area contributed by atoms with Gasteiger partial charge in [0, 0.05) is 23.0 Å². The van der Waals surface area contributed by atoms with Crippen LogP contribution < -0.4 is 14.8 Å². The molecular weight excluding hydrogens is 430 g/mol. The number of rotatable bonds is 9. The third kappa shape index (κ3) is 5.06. The Hall–Kier alpha value is -3.03. The SMILES string of the molecule is COc1cc(NC(=O)c2cn(-c3ccc(Cl)cc3)nc2CO)ccc1OC[C@H](C)C1CC1. The summed E-state index contributed by atoms with van der Waals surface area (Å²) in [7, 11) is 1.57. The first kappa shape index (κ1) is 22.2. The van der Waals surface area contributed by atoms with Crippen LogP contribution in [0.1, 0.15) is 35.8 Å². The Morgan fingerprint density at radius 3 is 2.66 bits per heavy atom. The van der Waals surface area contributed by atoms with Gasteiger partial charge in [-0.3, -0.25) is 4.79 Å². The monoisotopic (exact) mass is 455 g/mol. The summed E-state index contributed by atoms with van der Waals surface area (Å²) in [6, 6.07) is 12.3. The molecule has 1 aliphatic rings. The Kier molecular flexibility index (Phi) is 6.67. The summed E-state index contributed by atoms with van der Waals surface area (Å²) in [4.78, 5) is 12.9. The van der Waals surface area contributed by atoms with Crippen molar-refractivity contribution in [1.82, 2.24) is 9.78 Å². The maximum atomic E-state index is 12.9. The molecule has 1 heterocycles. The van der Waals surface area contributed by atoms with Gasteiger partial charge in [-0.2, -0.15) is 5.10 Å². The van der Waals surface area contributed by atoms with Crippen molar-refractivity contribution in [2.75, 3.05) is 19.0 Å². The number of hydrogen-bond donors (Lipinski definition) is 2. The molecule has 32 heavy (non-hydrogen) atoms. The van der Waals surface area contributed by atoms with Crippen molar-refractivity contribution in [2.45, 2.75) is 26.4 Å². The Morgan fingerprint density at radius 1 is 1.25 bits per heavy atom. The van der Waals surface area contributed by atoms with E-state index in [1.54, 1.807) is 55.8 Å². The van der Waals surface area contributed by atoms with Crippen molar-refractivity contribution in [3.8, 4) is 17.2 Å². The zero-order valence-electron chi connectivity index (χ0n) is 18.0. The number of methoxy groups -OCH3 is 1. The molecule has 1 atom stereocenters. The molecule has 0 unspecified atom stereocenters. The van der Waals surface area contributed by atoms with Crippen molar-refractivity contribution < 1.29 is 19.4 Å². The summed E-state index contributed by atoms with van der Waals surface area (Å²) in [5.74, 6) is 2.07. The molecule has 8 heteroatoms. The average molecular weight is 456 g/mol. The summed E-state index contributed by atoms with van der Waals surface area (Å²) in [6.45, 7) is 2.47. The average Bonchev–Trinajstić information content (AvgIpc) is 3.57. The molecule has 1 aromatic heterocycles. The fourth-order valence-corrected chi connectivity index (χ4v) is 3.65. The molecule has 2 aromatic carbocycles. The fourth-order valence-electron chi connectivity index (χ4n) is 3.53. The number of ether oxygens (including phenoxy) is 2. The third-order valence-corrected chi connectivity index (χ3v) is 5.88. The van der Waals surface area contributed by atoms with Crippen LogP contribution in [0.5, 0.6) is 11.5 Å². The highest BCUT2D eigenvalue weighted by atomic mass is 35.5. The number of amides is 1. The molecular formula is C24H26ClN3O4. The molecule has 0 saturated heterocycles. The number of hydrogen-bond acceptors (Lipinski definition) is 5. The number of aliphatic hydroxyl groups excluding tert-OH is 1. The zero-order valence-corrected chi connectivity index (χ0v) is 18.8. The molecule has 0 bridgehead atoms. The van der Waals surface area contributed by atoms with E-state index >= 15 is 0 Å². The van der Waals surface area contributed by atoms with E-state index in [2.05, 4.69) is 17.3 Å². The maximum Gasteiger partial charge on any atom is 0.259 e. The van der Waals surface area contributed by atoms with E-state index in [-0.39, 0.29) is 23.8 Å². The van der Waals surface area contributed by atoms with Crippen molar-refractivity contribution >= 4 is 23.2 Å². The standard InChI is InChI=1S/C24H26ClN3O4/c1-15(16-3-4-16)14-32-22-10-7-18(11-23(22)31-2)26-24(30)20-12-28(27-21(20)13-29)19-8-5-17(25)6-9-19/h5-12,15-16,29H,3-4,13-14H2,1-2H3,(H,26,30)/t15-/m0/s1. The number of aliphatic hydroxyl groups is 1. The summed E-state index contributed by atoms with van der Waals surface area (Å²) in [5, 5.41) is 17.5. The number of benzene rings is 2. The van der Waals surface area contributed by atoms with E-state index in [0.717, 1.165) is 11.6 Å². The number of halogens is 1. The zero-order chi connectivity index (χ0) is 22.7. The molecule has 168 valence electrons. The van der Waals surface area contributed by atoms with E-state index in [4.69, 9.17) is 21.1 Å². The number of carbonyl (C=O) groups excluding carboxylic acids is 1. The van der Waals surface area contributed by atoms with E-state index in [1.807, 2.05) is 0 Å². The maximum absolute atomic E-state index is 12.9. The van der Waals surface area contributed by atoms with Gasteiger partial charge in [0.1, 0.15) is 5.69 Å². The lowest BCUT2D eigenvalue weighted by Gasteiger charge is -2.15. The molecule has 1 aliphatic carbocycles. The molecule has 1 fully saturated rings. The predicted molar refractivity (Wildman–Crippen MR) is 123 cm³/mol. The van der Waals surface area contributed by atoms with E-state index in [1.165, 1.54) is 17.5 Å². The second-order valence-electron chi connectivity index (χ2n) is 8.01. The largest absolute Gasteiger partial charge is 0.493 e. The smallest absolute Gasteiger partial charge is 0.259 e. The van der Waals surface area contributed by atoms with Crippen LogP contribution in [-0.2, 0) is 6.61 Å². The highest BCUT2D eigenvalue weighted by Gasteiger charge is 2.28. The minimum Gasteiger partial charge on any atom is -0.493 e. The molecule has 2 N–H and O–H groups in total. The molecule has 3 aromatic rings. The van der Waals surface area contributed by atoms with Gasteiger partial charge < -0.3 is 19.9 Å². The number of carbonyl (C=O) groups is 1. The first-order valence-electron chi connectivity index (χ1n) is 10.6. The van der Waals surface area contributed by atoms with Crippen molar-refractivity contribution in [3.05, 3.63) is 64.9 Å². The predicted octanol–water partition coefficient (Wildman–Crippen LogP) is 4.70. The fraction of sp³-hybridized carbons (Fsp3) is 0.333. The van der Waals surface area contributed by atoms with Gasteiger partial charge in [0.05, 0.1) is 31.6 Å². The molecule has 1 amide bonds. The van der Waals surface area contributed by atoms with Gasteiger partial charge in [-0.05, 0) is 61.1 Å². The summed E-state index contributed by atoms with van der Waals surface area (Å²) >= 11 is 5.94. The van der Waals surface area contributed by atoms with Gasteiger partial charge in [-0.1, -0.05) is 18.5 Å².